The van der Waals surface area contributed by atoms with Crippen LogP contribution in [0.3, 0.4) is 0 Å². The van der Waals surface area contributed by atoms with Gasteiger partial charge in [0.15, 0.2) is 6.61 Å². The van der Waals surface area contributed by atoms with Crippen molar-refractivity contribution in [2.45, 2.75) is 25.3 Å². The zero-order valence-electron chi connectivity index (χ0n) is 19.6. The maximum atomic E-state index is 13.7. The summed E-state index contributed by atoms with van der Waals surface area (Å²) in [7, 11) is 0. The standard InChI is InChI=1S/C20H16F7N5O2.C2H6S/c1-9-4-11(28)6-13-16(9)17(30-8-29-13)31-12-3-2-10(21)5-14(12)34-7-15(33)32-18(19(22,23)24)20(25,26)27;1-3-2/h2-6,8,18H,7,28H2,1H3,(H,32,33)(H,29,30,31);1-2H3. The third kappa shape index (κ3) is 8.27. The van der Waals surface area contributed by atoms with Crippen molar-refractivity contribution >= 4 is 45.8 Å². The van der Waals surface area contributed by atoms with Crippen LogP contribution in [-0.4, -0.2) is 53.4 Å². The molecule has 0 aliphatic carbocycles. The van der Waals surface area contributed by atoms with E-state index in [2.05, 4.69) is 15.3 Å². The molecule has 202 valence electrons. The van der Waals surface area contributed by atoms with E-state index in [0.29, 0.717) is 22.2 Å². The van der Waals surface area contributed by atoms with Crippen LogP contribution in [0.2, 0.25) is 0 Å². The first-order chi connectivity index (χ1) is 17.2. The Kier molecular flexibility index (Phi) is 9.78. The lowest BCUT2D eigenvalue weighted by Crippen LogP contribution is -2.55. The number of rotatable bonds is 6. The summed E-state index contributed by atoms with van der Waals surface area (Å²) >= 11 is 1.75. The third-order valence-electron chi connectivity index (χ3n) is 4.47. The lowest BCUT2D eigenvalue weighted by atomic mass is 10.1. The van der Waals surface area contributed by atoms with Crippen molar-refractivity contribution in [2.75, 3.05) is 30.2 Å². The van der Waals surface area contributed by atoms with E-state index in [1.54, 1.807) is 30.8 Å². The van der Waals surface area contributed by atoms with Crippen molar-refractivity contribution in [1.82, 2.24) is 15.3 Å². The van der Waals surface area contributed by atoms with Crippen molar-refractivity contribution in [3.63, 3.8) is 0 Å². The van der Waals surface area contributed by atoms with E-state index in [4.69, 9.17) is 10.5 Å². The molecule has 0 unspecified atom stereocenters. The summed E-state index contributed by atoms with van der Waals surface area (Å²) in [6.07, 6.45) is -6.24. The Bertz CT molecular complexity index is 1220. The molecule has 3 aromatic rings. The number of ether oxygens (including phenoxy) is 1. The van der Waals surface area contributed by atoms with Crippen molar-refractivity contribution in [3.05, 3.63) is 48.0 Å². The number of thioether (sulfide) groups is 1. The molecule has 0 atom stereocenters. The van der Waals surface area contributed by atoms with Crippen LogP contribution in [0.25, 0.3) is 10.9 Å². The number of amides is 1. The van der Waals surface area contributed by atoms with E-state index in [-0.39, 0.29) is 17.3 Å². The highest BCUT2D eigenvalue weighted by Gasteiger charge is 2.57. The minimum atomic E-state index is -5.77. The topological polar surface area (TPSA) is 102 Å². The maximum Gasteiger partial charge on any atom is 0.417 e. The zero-order valence-corrected chi connectivity index (χ0v) is 20.4. The Morgan fingerprint density at radius 3 is 2.30 bits per heavy atom. The van der Waals surface area contributed by atoms with Crippen LogP contribution in [0.1, 0.15) is 5.56 Å². The normalized spacial score (nSPS) is 11.6. The van der Waals surface area contributed by atoms with Crippen molar-refractivity contribution in [2.24, 2.45) is 0 Å². The van der Waals surface area contributed by atoms with Crippen LogP contribution in [-0.2, 0) is 4.79 Å². The second-order valence-corrected chi connectivity index (χ2v) is 8.32. The summed E-state index contributed by atoms with van der Waals surface area (Å²) in [6, 6.07) is 2.17. The molecule has 0 saturated heterocycles. The van der Waals surface area contributed by atoms with Crippen molar-refractivity contribution in [1.29, 1.82) is 0 Å². The van der Waals surface area contributed by atoms with Crippen LogP contribution in [0.15, 0.2) is 36.7 Å². The van der Waals surface area contributed by atoms with Gasteiger partial charge in [0.1, 0.15) is 23.7 Å². The number of carbonyl (C=O) groups excluding carboxylic acids is 1. The number of nitrogens with two attached hydrogens (primary N) is 1. The molecule has 1 amide bonds. The highest BCUT2D eigenvalue weighted by atomic mass is 32.2. The fourth-order valence-corrected chi connectivity index (χ4v) is 3.06. The van der Waals surface area contributed by atoms with Gasteiger partial charge in [-0.25, -0.2) is 14.4 Å². The van der Waals surface area contributed by atoms with Gasteiger partial charge in [0.25, 0.3) is 5.91 Å². The lowest BCUT2D eigenvalue weighted by Gasteiger charge is -2.24. The number of hydrogen-bond acceptors (Lipinski definition) is 7. The molecule has 2 aromatic carbocycles. The quantitative estimate of drug-likeness (QED) is 0.279. The number of anilines is 3. The lowest BCUT2D eigenvalue weighted by molar-refractivity contribution is -0.257. The minimum absolute atomic E-state index is 0.0358. The number of benzene rings is 2. The highest BCUT2D eigenvalue weighted by Crippen LogP contribution is 2.34. The largest absolute Gasteiger partial charge is 0.481 e. The first-order valence-corrected chi connectivity index (χ1v) is 11.8. The van der Waals surface area contributed by atoms with E-state index in [1.165, 1.54) is 12.4 Å². The summed E-state index contributed by atoms with van der Waals surface area (Å²) in [5.74, 6) is -2.67. The number of alkyl halides is 6. The maximum absolute atomic E-state index is 13.7. The summed E-state index contributed by atoms with van der Waals surface area (Å²) in [6.45, 7) is 0.484. The fourth-order valence-electron chi connectivity index (χ4n) is 3.06. The third-order valence-corrected chi connectivity index (χ3v) is 4.47. The summed E-state index contributed by atoms with van der Waals surface area (Å²) in [4.78, 5) is 20.0. The smallest absolute Gasteiger partial charge is 0.417 e. The first kappa shape index (κ1) is 29.7. The van der Waals surface area contributed by atoms with Crippen LogP contribution in [0.5, 0.6) is 5.75 Å². The second-order valence-electron chi connectivity index (χ2n) is 7.50. The van der Waals surface area contributed by atoms with E-state index < -0.39 is 36.7 Å². The van der Waals surface area contributed by atoms with Crippen LogP contribution in [0.4, 0.5) is 47.9 Å². The summed E-state index contributed by atoms with van der Waals surface area (Å²) in [5.41, 5.74) is 7.45. The SMILES string of the molecule is CSC.Cc1cc(N)cc2ncnc(Nc3ccc(F)cc3OCC(=O)NC(C(F)(F)F)C(F)(F)F)c12. The molecule has 0 fully saturated rings. The average molecular weight is 554 g/mol. The van der Waals surface area contributed by atoms with Gasteiger partial charge in [-0.3, -0.25) is 4.79 Å². The Labute approximate surface area is 211 Å². The number of nitrogen functional groups attached to an aromatic ring is 1. The number of nitrogens with one attached hydrogen (secondary N) is 2. The Morgan fingerprint density at radius 2 is 1.70 bits per heavy atom. The predicted octanol–water partition coefficient (Wildman–Crippen LogP) is 5.37. The molecule has 1 heterocycles. The predicted molar refractivity (Wildman–Crippen MR) is 127 cm³/mol. The van der Waals surface area contributed by atoms with E-state index in [0.717, 1.165) is 17.4 Å². The molecule has 0 bridgehead atoms. The van der Waals surface area contributed by atoms with Crippen LogP contribution >= 0.6 is 11.8 Å². The zero-order chi connectivity index (χ0) is 28.0. The van der Waals surface area contributed by atoms with Gasteiger partial charge in [0.2, 0.25) is 6.04 Å². The monoisotopic (exact) mass is 553 g/mol. The fraction of sp³-hybridized carbons (Fsp3) is 0.318. The Morgan fingerprint density at radius 1 is 1.08 bits per heavy atom. The van der Waals surface area contributed by atoms with Gasteiger partial charge in [-0.15, -0.1) is 0 Å². The molecular weight excluding hydrogens is 531 g/mol. The van der Waals surface area contributed by atoms with Gasteiger partial charge < -0.3 is 21.1 Å². The number of hydrogen-bond donors (Lipinski definition) is 3. The Hall–Kier alpha value is -3.49. The molecule has 3 rings (SSSR count). The molecule has 0 radical (unpaired) electrons. The van der Waals surface area contributed by atoms with Crippen molar-refractivity contribution in [3.8, 4) is 5.75 Å². The molecule has 0 aliphatic heterocycles. The van der Waals surface area contributed by atoms with Gasteiger partial charge in [-0.05, 0) is 49.3 Å². The van der Waals surface area contributed by atoms with Crippen LogP contribution < -0.4 is 21.1 Å². The molecule has 37 heavy (non-hydrogen) atoms. The molecule has 7 nitrogen and oxygen atoms in total. The summed E-state index contributed by atoms with van der Waals surface area (Å²) in [5, 5.41) is 4.21. The molecule has 0 spiro atoms. The first-order valence-electron chi connectivity index (χ1n) is 10.2. The second kappa shape index (κ2) is 12.2. The van der Waals surface area contributed by atoms with E-state index in [9.17, 15) is 35.5 Å². The molecule has 1 aromatic heterocycles. The molecule has 15 heteroatoms. The highest BCUT2D eigenvalue weighted by molar-refractivity contribution is 7.97. The van der Waals surface area contributed by atoms with E-state index >= 15 is 0 Å². The van der Waals surface area contributed by atoms with E-state index in [1.807, 2.05) is 12.5 Å². The van der Waals surface area contributed by atoms with Gasteiger partial charge in [-0.2, -0.15) is 38.1 Å². The van der Waals surface area contributed by atoms with Gasteiger partial charge in [-0.1, -0.05) is 0 Å². The number of nitrogens with zero attached hydrogens (tertiary/aromatic N) is 2. The number of fused-ring (bicyclic) bond motifs is 1. The number of halogens is 7. The van der Waals surface area contributed by atoms with Gasteiger partial charge in [0.05, 0.1) is 11.2 Å². The van der Waals surface area contributed by atoms with Crippen molar-refractivity contribution < 1.29 is 40.3 Å². The number of carbonyl (C=O) groups is 1. The molecular formula is C22H22F7N5O2S. The Balaban J connectivity index is 0.00000153. The number of aryl methyl sites for hydroxylation is 1. The minimum Gasteiger partial charge on any atom is -0.481 e. The van der Waals surface area contributed by atoms with Gasteiger partial charge in [0, 0.05) is 17.1 Å². The average Bonchev–Trinajstić information content (AvgIpc) is 2.76. The number of aromatic nitrogens is 2. The summed E-state index contributed by atoms with van der Waals surface area (Å²) < 4.78 is 94.6. The molecule has 0 saturated carbocycles. The van der Waals surface area contributed by atoms with Crippen LogP contribution in [0, 0.1) is 12.7 Å². The van der Waals surface area contributed by atoms with Gasteiger partial charge >= 0.3 is 12.4 Å². The molecule has 0 aliphatic rings. The molecule has 4 N–H and O–H groups in total.